The number of hydrogen-bond donors (Lipinski definition) is 1. The quantitative estimate of drug-likeness (QED) is 0.741. The van der Waals surface area contributed by atoms with E-state index in [1.54, 1.807) is 44.7 Å². The summed E-state index contributed by atoms with van der Waals surface area (Å²) < 4.78 is 12.5. The van der Waals surface area contributed by atoms with Crippen molar-refractivity contribution in [1.82, 2.24) is 14.9 Å². The van der Waals surface area contributed by atoms with Crippen LogP contribution in [-0.2, 0) is 7.05 Å². The van der Waals surface area contributed by atoms with Gasteiger partial charge in [-0.25, -0.2) is 4.98 Å². The molecule has 1 heterocycles. The first-order valence-corrected chi connectivity index (χ1v) is 8.19. The SMILES string of the molecule is COc1ccc(C(=O)NC(c2ccccc2OC)c2nccn2C)cc1. The summed E-state index contributed by atoms with van der Waals surface area (Å²) in [6.07, 6.45) is 3.55. The van der Waals surface area contributed by atoms with E-state index in [-0.39, 0.29) is 5.91 Å². The number of hydrogen-bond acceptors (Lipinski definition) is 4. The molecule has 1 N–H and O–H groups in total. The Morgan fingerprint density at radius 2 is 1.81 bits per heavy atom. The van der Waals surface area contributed by atoms with Gasteiger partial charge in [0.05, 0.1) is 14.2 Å². The van der Waals surface area contributed by atoms with Crippen LogP contribution in [0.5, 0.6) is 11.5 Å². The standard InChI is InChI=1S/C20H21N3O3/c1-23-13-12-21-19(23)18(16-6-4-5-7-17(16)26-3)22-20(24)14-8-10-15(25-2)11-9-14/h4-13,18H,1-3H3,(H,22,24). The van der Waals surface area contributed by atoms with Gasteiger partial charge in [-0.1, -0.05) is 18.2 Å². The lowest BCUT2D eigenvalue weighted by Gasteiger charge is -2.21. The van der Waals surface area contributed by atoms with E-state index < -0.39 is 6.04 Å². The summed E-state index contributed by atoms with van der Waals surface area (Å²) in [5.74, 6) is 1.91. The molecule has 3 aromatic rings. The first kappa shape index (κ1) is 17.5. The van der Waals surface area contributed by atoms with Gasteiger partial charge in [0.2, 0.25) is 0 Å². The van der Waals surface area contributed by atoms with Crippen LogP contribution in [0.4, 0.5) is 0 Å². The van der Waals surface area contributed by atoms with Gasteiger partial charge >= 0.3 is 0 Å². The van der Waals surface area contributed by atoms with Crippen molar-refractivity contribution in [2.24, 2.45) is 7.05 Å². The van der Waals surface area contributed by atoms with Crippen LogP contribution < -0.4 is 14.8 Å². The van der Waals surface area contributed by atoms with Crippen molar-refractivity contribution < 1.29 is 14.3 Å². The molecule has 6 nitrogen and oxygen atoms in total. The molecule has 0 radical (unpaired) electrons. The minimum atomic E-state index is -0.444. The smallest absolute Gasteiger partial charge is 0.252 e. The minimum absolute atomic E-state index is 0.202. The lowest BCUT2D eigenvalue weighted by molar-refractivity contribution is 0.0940. The molecule has 6 heteroatoms. The van der Waals surface area contributed by atoms with Crippen LogP contribution in [0.25, 0.3) is 0 Å². The molecule has 0 aliphatic heterocycles. The minimum Gasteiger partial charge on any atom is -0.497 e. The Labute approximate surface area is 152 Å². The third-order valence-corrected chi connectivity index (χ3v) is 4.19. The first-order valence-electron chi connectivity index (χ1n) is 8.19. The number of nitrogens with zero attached hydrogens (tertiary/aromatic N) is 2. The zero-order valence-electron chi connectivity index (χ0n) is 15.0. The second kappa shape index (κ2) is 7.74. The van der Waals surface area contributed by atoms with E-state index in [0.29, 0.717) is 17.1 Å². The van der Waals surface area contributed by atoms with Crippen molar-refractivity contribution in [3.05, 3.63) is 77.9 Å². The van der Waals surface area contributed by atoms with Crippen molar-refractivity contribution in [3.8, 4) is 11.5 Å². The van der Waals surface area contributed by atoms with E-state index in [2.05, 4.69) is 10.3 Å². The highest BCUT2D eigenvalue weighted by molar-refractivity contribution is 5.94. The fraction of sp³-hybridized carbons (Fsp3) is 0.200. The van der Waals surface area contributed by atoms with Crippen LogP contribution in [-0.4, -0.2) is 29.7 Å². The number of methoxy groups -OCH3 is 2. The lowest BCUT2D eigenvalue weighted by atomic mass is 10.0. The summed E-state index contributed by atoms with van der Waals surface area (Å²) in [6.45, 7) is 0. The van der Waals surface area contributed by atoms with Gasteiger partial charge in [-0.15, -0.1) is 0 Å². The highest BCUT2D eigenvalue weighted by atomic mass is 16.5. The number of para-hydroxylation sites is 1. The monoisotopic (exact) mass is 351 g/mol. The summed E-state index contributed by atoms with van der Waals surface area (Å²) in [5.41, 5.74) is 1.38. The Balaban J connectivity index is 1.96. The van der Waals surface area contributed by atoms with Crippen LogP contribution in [0, 0.1) is 0 Å². The average molecular weight is 351 g/mol. The Bertz CT molecular complexity index is 887. The summed E-state index contributed by atoms with van der Waals surface area (Å²) in [6, 6.07) is 14.1. The maximum atomic E-state index is 12.8. The number of rotatable bonds is 6. The Morgan fingerprint density at radius 1 is 1.08 bits per heavy atom. The number of carbonyl (C=O) groups is 1. The van der Waals surface area contributed by atoms with Gasteiger partial charge in [0.1, 0.15) is 23.4 Å². The summed E-state index contributed by atoms with van der Waals surface area (Å²) in [5, 5.41) is 3.06. The highest BCUT2D eigenvalue weighted by Crippen LogP contribution is 2.29. The van der Waals surface area contributed by atoms with Crippen molar-refractivity contribution >= 4 is 5.91 Å². The third-order valence-electron chi connectivity index (χ3n) is 4.19. The number of ether oxygens (including phenoxy) is 2. The number of carbonyl (C=O) groups excluding carboxylic acids is 1. The van der Waals surface area contributed by atoms with Gasteiger partial charge in [0.15, 0.2) is 0 Å². The molecule has 0 bridgehead atoms. The molecule has 3 rings (SSSR count). The number of aryl methyl sites for hydroxylation is 1. The molecular weight excluding hydrogens is 330 g/mol. The van der Waals surface area contributed by atoms with Crippen LogP contribution >= 0.6 is 0 Å². The van der Waals surface area contributed by atoms with Crippen molar-refractivity contribution in [2.45, 2.75) is 6.04 Å². The van der Waals surface area contributed by atoms with Crippen molar-refractivity contribution in [3.63, 3.8) is 0 Å². The van der Waals surface area contributed by atoms with Crippen molar-refractivity contribution in [2.75, 3.05) is 14.2 Å². The molecule has 26 heavy (non-hydrogen) atoms. The molecule has 1 aromatic heterocycles. The zero-order valence-corrected chi connectivity index (χ0v) is 15.0. The first-order chi connectivity index (χ1) is 12.6. The normalized spacial score (nSPS) is 11.7. The fourth-order valence-electron chi connectivity index (χ4n) is 2.80. The maximum absolute atomic E-state index is 12.8. The van der Waals surface area contributed by atoms with E-state index in [9.17, 15) is 4.79 Å². The molecule has 0 fully saturated rings. The predicted octanol–water partition coefficient (Wildman–Crippen LogP) is 2.96. The van der Waals surface area contributed by atoms with Crippen LogP contribution in [0.3, 0.4) is 0 Å². The van der Waals surface area contributed by atoms with E-state index in [4.69, 9.17) is 9.47 Å². The molecule has 134 valence electrons. The highest BCUT2D eigenvalue weighted by Gasteiger charge is 2.24. The predicted molar refractivity (Wildman–Crippen MR) is 98.5 cm³/mol. The molecule has 2 aromatic carbocycles. The van der Waals surface area contributed by atoms with Crippen LogP contribution in [0.2, 0.25) is 0 Å². The summed E-state index contributed by atoms with van der Waals surface area (Å²) in [7, 11) is 5.09. The van der Waals surface area contributed by atoms with Gasteiger partial charge in [0.25, 0.3) is 5.91 Å². The summed E-state index contributed by atoms with van der Waals surface area (Å²) in [4.78, 5) is 17.2. The molecule has 0 aliphatic carbocycles. The van der Waals surface area contributed by atoms with E-state index in [1.807, 2.05) is 42.1 Å². The Kier molecular flexibility index (Phi) is 5.22. The second-order valence-corrected chi connectivity index (χ2v) is 5.77. The average Bonchev–Trinajstić information content (AvgIpc) is 3.11. The van der Waals surface area contributed by atoms with E-state index >= 15 is 0 Å². The van der Waals surface area contributed by atoms with Crippen LogP contribution in [0.1, 0.15) is 27.8 Å². The van der Waals surface area contributed by atoms with Gasteiger partial charge < -0.3 is 19.4 Å². The molecule has 0 aliphatic rings. The fourth-order valence-corrected chi connectivity index (χ4v) is 2.80. The number of nitrogens with one attached hydrogen (secondary N) is 1. The van der Waals surface area contributed by atoms with E-state index in [0.717, 1.165) is 11.4 Å². The second-order valence-electron chi connectivity index (χ2n) is 5.77. The number of aromatic nitrogens is 2. The van der Waals surface area contributed by atoms with Crippen molar-refractivity contribution in [1.29, 1.82) is 0 Å². The van der Waals surface area contributed by atoms with Gasteiger partial charge in [0, 0.05) is 30.6 Å². The zero-order chi connectivity index (χ0) is 18.5. The number of amides is 1. The topological polar surface area (TPSA) is 65.4 Å². The van der Waals surface area contributed by atoms with Gasteiger partial charge in [-0.2, -0.15) is 0 Å². The molecule has 1 unspecified atom stereocenters. The number of benzene rings is 2. The molecule has 0 saturated heterocycles. The maximum Gasteiger partial charge on any atom is 0.252 e. The molecule has 1 atom stereocenters. The Hall–Kier alpha value is -3.28. The van der Waals surface area contributed by atoms with Gasteiger partial charge in [-0.3, -0.25) is 4.79 Å². The molecule has 0 saturated carbocycles. The Morgan fingerprint density at radius 3 is 2.42 bits per heavy atom. The largest absolute Gasteiger partial charge is 0.497 e. The van der Waals surface area contributed by atoms with E-state index in [1.165, 1.54) is 0 Å². The third kappa shape index (κ3) is 3.54. The molecule has 1 amide bonds. The van der Waals surface area contributed by atoms with Gasteiger partial charge in [-0.05, 0) is 30.3 Å². The molecule has 0 spiro atoms. The molecular formula is C20H21N3O3. The lowest BCUT2D eigenvalue weighted by Crippen LogP contribution is -2.31. The van der Waals surface area contributed by atoms with Crippen LogP contribution in [0.15, 0.2) is 60.9 Å². The number of imidazole rings is 1. The summed E-state index contributed by atoms with van der Waals surface area (Å²) >= 11 is 0.